The number of hydrogen-bond acceptors (Lipinski definition) is 3. The largest absolute Gasteiger partial charge is 0.480 e. The van der Waals surface area contributed by atoms with Crippen molar-refractivity contribution in [3.8, 4) is 0 Å². The van der Waals surface area contributed by atoms with Crippen molar-refractivity contribution in [2.75, 3.05) is 12.0 Å². The van der Waals surface area contributed by atoms with E-state index >= 15 is 0 Å². The van der Waals surface area contributed by atoms with E-state index in [1.54, 1.807) is 11.8 Å². The summed E-state index contributed by atoms with van der Waals surface area (Å²) in [5.41, 5.74) is 0. The molecular weight excluding hydrogens is 250 g/mol. The number of unbranched alkanes of at least 4 members (excludes halogenated alkanes) is 1. The van der Waals surface area contributed by atoms with E-state index in [1.165, 1.54) is 0 Å². The van der Waals surface area contributed by atoms with Crippen LogP contribution in [0.3, 0.4) is 0 Å². The Morgan fingerprint density at radius 2 is 1.94 bits per heavy atom. The summed E-state index contributed by atoms with van der Waals surface area (Å²) in [6.07, 6.45) is 6.07. The Bertz CT molecular complexity index is 259. The Balaban J connectivity index is 4.32. The molecule has 0 aliphatic rings. The first-order chi connectivity index (χ1) is 8.56. The van der Waals surface area contributed by atoms with E-state index in [-0.39, 0.29) is 11.8 Å². The maximum atomic E-state index is 12.0. The number of aliphatic carboxylic acids is 1. The molecule has 5 heteroatoms. The number of carbonyl (C=O) groups is 2. The molecule has 0 aromatic heterocycles. The number of hydrogen-bond donors (Lipinski definition) is 2. The van der Waals surface area contributed by atoms with E-state index in [0.29, 0.717) is 6.42 Å². The van der Waals surface area contributed by atoms with Gasteiger partial charge in [-0.05, 0) is 31.3 Å². The van der Waals surface area contributed by atoms with Crippen LogP contribution >= 0.6 is 11.8 Å². The first-order valence-electron chi connectivity index (χ1n) is 6.58. The van der Waals surface area contributed by atoms with Crippen molar-refractivity contribution in [2.24, 2.45) is 5.92 Å². The van der Waals surface area contributed by atoms with E-state index < -0.39 is 12.0 Å². The van der Waals surface area contributed by atoms with Crippen molar-refractivity contribution in [3.63, 3.8) is 0 Å². The van der Waals surface area contributed by atoms with Crippen molar-refractivity contribution >= 4 is 23.6 Å². The van der Waals surface area contributed by atoms with Gasteiger partial charge in [-0.1, -0.05) is 26.7 Å². The number of carboxylic acids is 1. The van der Waals surface area contributed by atoms with Gasteiger partial charge in [0.1, 0.15) is 6.04 Å². The van der Waals surface area contributed by atoms with Crippen molar-refractivity contribution in [3.05, 3.63) is 0 Å². The van der Waals surface area contributed by atoms with Gasteiger partial charge >= 0.3 is 5.97 Å². The average Bonchev–Trinajstić information content (AvgIpc) is 2.34. The Hall–Kier alpha value is -0.710. The van der Waals surface area contributed by atoms with Crippen molar-refractivity contribution in [1.29, 1.82) is 0 Å². The Morgan fingerprint density at radius 3 is 2.39 bits per heavy atom. The molecule has 1 amide bonds. The molecule has 0 spiro atoms. The molecule has 2 atom stereocenters. The fraction of sp³-hybridized carbons (Fsp3) is 0.846. The molecule has 0 aromatic carbocycles. The van der Waals surface area contributed by atoms with Gasteiger partial charge in [0.25, 0.3) is 0 Å². The molecule has 2 unspecified atom stereocenters. The molecule has 2 N–H and O–H groups in total. The summed E-state index contributed by atoms with van der Waals surface area (Å²) < 4.78 is 0. The monoisotopic (exact) mass is 275 g/mol. The lowest BCUT2D eigenvalue weighted by molar-refractivity contribution is -0.142. The van der Waals surface area contributed by atoms with Gasteiger partial charge < -0.3 is 10.4 Å². The first-order valence-corrected chi connectivity index (χ1v) is 7.98. The van der Waals surface area contributed by atoms with Crippen LogP contribution in [0.25, 0.3) is 0 Å². The molecule has 0 saturated carbocycles. The summed E-state index contributed by atoms with van der Waals surface area (Å²) in [5, 5.41) is 11.7. The SMILES string of the molecule is CCCCC(CC)C(=O)NC(CCSC)C(=O)O. The third-order valence-corrected chi connectivity index (χ3v) is 3.64. The van der Waals surface area contributed by atoms with Crippen molar-refractivity contribution < 1.29 is 14.7 Å². The third kappa shape index (κ3) is 6.89. The lowest BCUT2D eigenvalue weighted by Crippen LogP contribution is -2.43. The third-order valence-electron chi connectivity index (χ3n) is 2.99. The standard InChI is InChI=1S/C13H25NO3S/c1-4-6-7-10(5-2)12(15)14-11(13(16)17)8-9-18-3/h10-11H,4-9H2,1-3H3,(H,14,15)(H,16,17). The summed E-state index contributed by atoms with van der Waals surface area (Å²) >= 11 is 1.59. The minimum atomic E-state index is -0.942. The quantitative estimate of drug-likeness (QED) is 0.643. The Morgan fingerprint density at radius 1 is 1.28 bits per heavy atom. The van der Waals surface area contributed by atoms with Gasteiger partial charge in [0.15, 0.2) is 0 Å². The van der Waals surface area contributed by atoms with Crippen LogP contribution in [0.2, 0.25) is 0 Å². The molecule has 0 fully saturated rings. The van der Waals surface area contributed by atoms with Crippen molar-refractivity contribution in [2.45, 2.75) is 52.0 Å². The summed E-state index contributed by atoms with van der Waals surface area (Å²) in [4.78, 5) is 23.0. The highest BCUT2D eigenvalue weighted by molar-refractivity contribution is 7.98. The van der Waals surface area contributed by atoms with Gasteiger partial charge in [0.2, 0.25) is 5.91 Å². The molecular formula is C13H25NO3S. The predicted octanol–water partition coefficient (Wildman–Crippen LogP) is 2.53. The molecule has 0 saturated heterocycles. The van der Waals surface area contributed by atoms with Crippen LogP contribution in [0.4, 0.5) is 0 Å². The lowest BCUT2D eigenvalue weighted by Gasteiger charge is -2.19. The number of thioether (sulfide) groups is 1. The second kappa shape index (κ2) is 10.2. The first kappa shape index (κ1) is 17.3. The van der Waals surface area contributed by atoms with Gasteiger partial charge in [-0.15, -0.1) is 0 Å². The number of rotatable bonds is 10. The number of carbonyl (C=O) groups excluding carboxylic acids is 1. The van der Waals surface area contributed by atoms with E-state index in [4.69, 9.17) is 5.11 Å². The van der Waals surface area contributed by atoms with Crippen LogP contribution in [-0.4, -0.2) is 35.0 Å². The van der Waals surface area contributed by atoms with Crippen LogP contribution < -0.4 is 5.32 Å². The van der Waals surface area contributed by atoms with Gasteiger partial charge in [0.05, 0.1) is 0 Å². The average molecular weight is 275 g/mol. The normalized spacial score (nSPS) is 13.9. The molecule has 0 aromatic rings. The maximum Gasteiger partial charge on any atom is 0.326 e. The Kier molecular flexibility index (Phi) is 9.83. The molecule has 0 aliphatic carbocycles. The second-order valence-electron chi connectivity index (χ2n) is 4.43. The minimum absolute atomic E-state index is 0.0546. The predicted molar refractivity (Wildman–Crippen MR) is 75.9 cm³/mol. The van der Waals surface area contributed by atoms with Crippen LogP contribution in [0.15, 0.2) is 0 Å². The maximum absolute atomic E-state index is 12.0. The van der Waals surface area contributed by atoms with Gasteiger partial charge in [-0.3, -0.25) is 4.79 Å². The van der Waals surface area contributed by atoms with Gasteiger partial charge in [0, 0.05) is 5.92 Å². The highest BCUT2D eigenvalue weighted by Crippen LogP contribution is 2.13. The summed E-state index contributed by atoms with van der Waals surface area (Å²) in [5.74, 6) is -0.369. The van der Waals surface area contributed by atoms with Crippen molar-refractivity contribution in [1.82, 2.24) is 5.32 Å². The fourth-order valence-electron chi connectivity index (χ4n) is 1.75. The summed E-state index contributed by atoms with van der Waals surface area (Å²) in [6.45, 7) is 4.06. The molecule has 0 heterocycles. The topological polar surface area (TPSA) is 66.4 Å². The zero-order valence-corrected chi connectivity index (χ0v) is 12.4. The van der Waals surface area contributed by atoms with Gasteiger partial charge in [-0.25, -0.2) is 4.79 Å². The molecule has 18 heavy (non-hydrogen) atoms. The second-order valence-corrected chi connectivity index (χ2v) is 5.41. The minimum Gasteiger partial charge on any atom is -0.480 e. The number of carboxylic acid groups (broad SMARTS) is 1. The zero-order chi connectivity index (χ0) is 14.0. The highest BCUT2D eigenvalue weighted by atomic mass is 32.2. The van der Waals surface area contributed by atoms with E-state index in [2.05, 4.69) is 12.2 Å². The van der Waals surface area contributed by atoms with E-state index in [1.807, 2.05) is 13.2 Å². The van der Waals surface area contributed by atoms with E-state index in [9.17, 15) is 9.59 Å². The fourth-order valence-corrected chi connectivity index (χ4v) is 2.23. The summed E-state index contributed by atoms with van der Waals surface area (Å²) in [7, 11) is 0. The van der Waals surface area contributed by atoms with E-state index in [0.717, 1.165) is 31.4 Å². The van der Waals surface area contributed by atoms with Crippen LogP contribution in [0, 0.1) is 5.92 Å². The summed E-state index contributed by atoms with van der Waals surface area (Å²) in [6, 6.07) is -0.749. The molecule has 0 rings (SSSR count). The molecule has 0 bridgehead atoms. The lowest BCUT2D eigenvalue weighted by atomic mass is 9.98. The molecule has 0 radical (unpaired) electrons. The molecule has 106 valence electrons. The van der Waals surface area contributed by atoms with Crippen LogP contribution in [-0.2, 0) is 9.59 Å². The zero-order valence-electron chi connectivity index (χ0n) is 11.6. The highest BCUT2D eigenvalue weighted by Gasteiger charge is 2.23. The van der Waals surface area contributed by atoms with Crippen LogP contribution in [0.5, 0.6) is 0 Å². The number of nitrogens with one attached hydrogen (secondary N) is 1. The number of amides is 1. The molecule has 0 aliphatic heterocycles. The van der Waals surface area contributed by atoms with Gasteiger partial charge in [-0.2, -0.15) is 11.8 Å². The molecule has 4 nitrogen and oxygen atoms in total. The smallest absolute Gasteiger partial charge is 0.326 e. The van der Waals surface area contributed by atoms with Crippen LogP contribution in [0.1, 0.15) is 46.0 Å². The Labute approximate surface area is 114 Å².